The van der Waals surface area contributed by atoms with Gasteiger partial charge in [-0.15, -0.1) is 10.2 Å². The van der Waals surface area contributed by atoms with Crippen molar-refractivity contribution in [1.29, 1.82) is 0 Å². The Bertz CT molecular complexity index is 570. The van der Waals surface area contributed by atoms with Crippen molar-refractivity contribution in [3.8, 4) is 11.5 Å². The summed E-state index contributed by atoms with van der Waals surface area (Å²) in [5, 5.41) is 7.63. The van der Waals surface area contributed by atoms with Crippen LogP contribution in [-0.2, 0) is 6.18 Å². The van der Waals surface area contributed by atoms with Gasteiger partial charge in [0.2, 0.25) is 5.89 Å². The number of thioether (sulfide) groups is 1. The summed E-state index contributed by atoms with van der Waals surface area (Å²) in [6.07, 6.45) is -2.69. The van der Waals surface area contributed by atoms with E-state index in [1.807, 2.05) is 0 Å². The van der Waals surface area contributed by atoms with Crippen LogP contribution in [0.15, 0.2) is 27.8 Å². The lowest BCUT2D eigenvalue weighted by Gasteiger charge is -2.07. The molecule has 0 amide bonds. The first-order chi connectivity index (χ1) is 8.41. The fourth-order valence-electron chi connectivity index (χ4n) is 1.27. The molecule has 2 aromatic rings. The summed E-state index contributed by atoms with van der Waals surface area (Å²) in [5.74, 6) is 0.0954. The molecule has 0 N–H and O–H groups in total. The highest BCUT2D eigenvalue weighted by Gasteiger charge is 2.31. The summed E-state index contributed by atoms with van der Waals surface area (Å²) in [5.41, 5.74) is -0.543. The molecule has 18 heavy (non-hydrogen) atoms. The van der Waals surface area contributed by atoms with Crippen LogP contribution < -0.4 is 0 Å². The van der Waals surface area contributed by atoms with Crippen LogP contribution in [-0.4, -0.2) is 16.5 Å². The molecule has 8 heteroatoms. The van der Waals surface area contributed by atoms with Crippen LogP contribution in [0.1, 0.15) is 5.56 Å². The van der Waals surface area contributed by atoms with Gasteiger partial charge in [0, 0.05) is 0 Å². The van der Waals surface area contributed by atoms with E-state index in [4.69, 9.17) is 16.0 Å². The Morgan fingerprint density at radius 2 is 2.00 bits per heavy atom. The van der Waals surface area contributed by atoms with Crippen molar-refractivity contribution in [3.05, 3.63) is 28.8 Å². The minimum absolute atomic E-state index is 0.0823. The van der Waals surface area contributed by atoms with Crippen LogP contribution in [0.4, 0.5) is 13.2 Å². The van der Waals surface area contributed by atoms with Crippen LogP contribution in [0, 0.1) is 0 Å². The van der Waals surface area contributed by atoms with E-state index in [0.717, 1.165) is 12.1 Å². The second-order valence-electron chi connectivity index (χ2n) is 3.27. The van der Waals surface area contributed by atoms with Crippen LogP contribution in [0.5, 0.6) is 0 Å². The normalized spacial score (nSPS) is 11.8. The second kappa shape index (κ2) is 4.81. The summed E-state index contributed by atoms with van der Waals surface area (Å²) >= 11 is 7.02. The molecule has 0 aliphatic rings. The molecule has 0 bridgehead atoms. The van der Waals surface area contributed by atoms with E-state index in [1.165, 1.54) is 17.8 Å². The van der Waals surface area contributed by atoms with E-state index >= 15 is 0 Å². The highest BCUT2D eigenvalue weighted by molar-refractivity contribution is 7.98. The highest BCUT2D eigenvalue weighted by atomic mass is 35.5. The van der Waals surface area contributed by atoms with Crippen LogP contribution >= 0.6 is 23.4 Å². The maximum atomic E-state index is 12.4. The summed E-state index contributed by atoms with van der Waals surface area (Å²) in [4.78, 5) is 0. The summed E-state index contributed by atoms with van der Waals surface area (Å²) in [7, 11) is 0. The smallest absolute Gasteiger partial charge is 0.411 e. The molecule has 96 valence electrons. The topological polar surface area (TPSA) is 38.9 Å². The first-order valence-electron chi connectivity index (χ1n) is 4.66. The highest BCUT2D eigenvalue weighted by Crippen LogP contribution is 2.35. The first-order valence-corrected chi connectivity index (χ1v) is 6.26. The van der Waals surface area contributed by atoms with Crippen molar-refractivity contribution in [2.75, 3.05) is 6.26 Å². The van der Waals surface area contributed by atoms with Crippen LogP contribution in [0.2, 0.25) is 5.02 Å². The van der Waals surface area contributed by atoms with Gasteiger partial charge in [0.15, 0.2) is 0 Å². The van der Waals surface area contributed by atoms with Gasteiger partial charge in [-0.25, -0.2) is 0 Å². The molecule has 0 fully saturated rings. The van der Waals surface area contributed by atoms with Gasteiger partial charge in [-0.2, -0.15) is 13.2 Å². The van der Waals surface area contributed by atoms with Gasteiger partial charge < -0.3 is 4.42 Å². The number of nitrogens with zero attached hydrogens (tertiary/aromatic N) is 2. The molecular formula is C10H6ClF3N2OS. The molecule has 0 radical (unpaired) electrons. The number of rotatable bonds is 2. The molecule has 0 aliphatic carbocycles. The van der Waals surface area contributed by atoms with Crippen molar-refractivity contribution >= 4 is 23.4 Å². The van der Waals surface area contributed by atoms with E-state index < -0.39 is 11.7 Å². The standard InChI is InChI=1S/C10H6ClF3N2OS/c1-18-9-16-15-8(17-9)6-3-2-5(4-7(6)11)10(12,13)14/h2-4H,1H3. The fourth-order valence-corrected chi connectivity index (χ4v) is 1.81. The Balaban J connectivity index is 2.41. The minimum atomic E-state index is -4.43. The number of halogens is 4. The van der Waals surface area contributed by atoms with Crippen molar-refractivity contribution in [1.82, 2.24) is 10.2 Å². The molecule has 3 nitrogen and oxygen atoms in total. The van der Waals surface area contributed by atoms with E-state index in [9.17, 15) is 13.2 Å². The van der Waals surface area contributed by atoms with Gasteiger partial charge >= 0.3 is 6.18 Å². The number of hydrogen-bond acceptors (Lipinski definition) is 4. The molecule has 0 unspecified atom stereocenters. The van der Waals surface area contributed by atoms with Crippen LogP contribution in [0.25, 0.3) is 11.5 Å². The minimum Gasteiger partial charge on any atom is -0.411 e. The Hall–Kier alpha value is -1.21. The summed E-state index contributed by atoms with van der Waals surface area (Å²) < 4.78 is 42.5. The zero-order chi connectivity index (χ0) is 13.3. The van der Waals surface area contributed by atoms with Crippen LogP contribution in [0.3, 0.4) is 0 Å². The predicted molar refractivity (Wildman–Crippen MR) is 61.5 cm³/mol. The molecule has 1 heterocycles. The third kappa shape index (κ3) is 2.62. The molecular weight excluding hydrogens is 289 g/mol. The van der Waals surface area contributed by atoms with Gasteiger partial charge in [0.05, 0.1) is 16.1 Å². The van der Waals surface area contributed by atoms with Gasteiger partial charge in [0.1, 0.15) is 0 Å². The first kappa shape index (κ1) is 13.2. The van der Waals surface area contributed by atoms with Crippen molar-refractivity contribution in [2.45, 2.75) is 11.4 Å². The van der Waals surface area contributed by atoms with Gasteiger partial charge in [-0.1, -0.05) is 23.4 Å². The maximum absolute atomic E-state index is 12.4. The monoisotopic (exact) mass is 294 g/mol. The quantitative estimate of drug-likeness (QED) is 0.781. The third-order valence-electron chi connectivity index (χ3n) is 2.11. The molecule has 0 saturated heterocycles. The summed E-state index contributed by atoms with van der Waals surface area (Å²) in [6.45, 7) is 0. The lowest BCUT2D eigenvalue weighted by molar-refractivity contribution is -0.137. The molecule has 0 saturated carbocycles. The van der Waals surface area contributed by atoms with E-state index in [-0.39, 0.29) is 16.5 Å². The van der Waals surface area contributed by atoms with E-state index in [2.05, 4.69) is 10.2 Å². The van der Waals surface area contributed by atoms with Crippen molar-refractivity contribution < 1.29 is 17.6 Å². The van der Waals surface area contributed by atoms with Gasteiger partial charge in [0.25, 0.3) is 5.22 Å². The van der Waals surface area contributed by atoms with E-state index in [1.54, 1.807) is 6.26 Å². The van der Waals surface area contributed by atoms with Gasteiger partial charge in [-0.3, -0.25) is 0 Å². The fraction of sp³-hybridized carbons (Fsp3) is 0.200. The lowest BCUT2D eigenvalue weighted by atomic mass is 10.1. The molecule has 2 rings (SSSR count). The maximum Gasteiger partial charge on any atom is 0.416 e. The second-order valence-corrected chi connectivity index (χ2v) is 4.43. The van der Waals surface area contributed by atoms with Gasteiger partial charge in [-0.05, 0) is 24.5 Å². The number of alkyl halides is 3. The lowest BCUT2D eigenvalue weighted by Crippen LogP contribution is -2.04. The zero-order valence-electron chi connectivity index (χ0n) is 8.95. The molecule has 1 aromatic carbocycles. The molecule has 0 atom stereocenters. The molecule has 0 spiro atoms. The predicted octanol–water partition coefficient (Wildman–Crippen LogP) is 4.13. The zero-order valence-corrected chi connectivity index (χ0v) is 10.5. The molecule has 0 aliphatic heterocycles. The van der Waals surface area contributed by atoms with Crippen molar-refractivity contribution in [2.24, 2.45) is 0 Å². The number of benzene rings is 1. The molecule has 1 aromatic heterocycles. The Kier molecular flexibility index (Phi) is 3.54. The summed E-state index contributed by atoms with van der Waals surface area (Å²) in [6, 6.07) is 2.97. The SMILES string of the molecule is CSc1nnc(-c2ccc(C(F)(F)F)cc2Cl)o1. The van der Waals surface area contributed by atoms with Crippen molar-refractivity contribution in [3.63, 3.8) is 0 Å². The Morgan fingerprint density at radius 1 is 1.28 bits per heavy atom. The Labute approximate surface area is 109 Å². The number of aromatic nitrogens is 2. The largest absolute Gasteiger partial charge is 0.416 e. The van der Waals surface area contributed by atoms with E-state index in [0.29, 0.717) is 5.22 Å². The Morgan fingerprint density at radius 3 is 2.50 bits per heavy atom. The average molecular weight is 295 g/mol. The average Bonchev–Trinajstić information content (AvgIpc) is 2.76. The number of hydrogen-bond donors (Lipinski definition) is 0. The third-order valence-corrected chi connectivity index (χ3v) is 2.93.